The fourth-order valence-corrected chi connectivity index (χ4v) is 3.50. The third-order valence-corrected chi connectivity index (χ3v) is 4.80. The van der Waals surface area contributed by atoms with Crippen molar-refractivity contribution in [2.45, 2.75) is 52.0 Å². The number of esters is 1. The van der Waals surface area contributed by atoms with Gasteiger partial charge in [0, 0.05) is 11.2 Å². The molecular formula is C18H26N2O2S. The predicted octanol–water partition coefficient (Wildman–Crippen LogP) is 4.12. The maximum Gasteiger partial charge on any atom is 0.338 e. The van der Waals surface area contributed by atoms with Crippen LogP contribution in [0.15, 0.2) is 24.3 Å². The number of carbonyl (C=O) groups is 1. The van der Waals surface area contributed by atoms with E-state index in [2.05, 4.69) is 24.5 Å². The van der Waals surface area contributed by atoms with E-state index in [0.717, 1.165) is 18.5 Å². The highest BCUT2D eigenvalue weighted by Gasteiger charge is 2.37. The van der Waals surface area contributed by atoms with Crippen LogP contribution in [0.4, 0.5) is 5.69 Å². The average Bonchev–Trinajstić information content (AvgIpc) is 2.97. The Morgan fingerprint density at radius 2 is 2.04 bits per heavy atom. The standard InChI is InChI=1S/C18H26N2O2S/c1-4-22-16(21)14-8-7-9-15(12-14)19-17(23)20-18(13(2)3)10-5-6-11-18/h7-9,12-13H,4-6,10-11H2,1-3H3,(H2,19,20,23). The zero-order chi connectivity index (χ0) is 16.9. The third-order valence-electron chi connectivity index (χ3n) is 4.60. The molecule has 1 aromatic rings. The van der Waals surface area contributed by atoms with Crippen molar-refractivity contribution >= 4 is 29.0 Å². The first-order chi connectivity index (χ1) is 11.0. The number of hydrogen-bond donors (Lipinski definition) is 2. The van der Waals surface area contributed by atoms with Crippen LogP contribution in [0.5, 0.6) is 0 Å². The SMILES string of the molecule is CCOC(=O)c1cccc(NC(=S)NC2(C(C)C)CCCC2)c1. The van der Waals surface area contributed by atoms with E-state index in [4.69, 9.17) is 17.0 Å². The summed E-state index contributed by atoms with van der Waals surface area (Å²) in [6.07, 6.45) is 4.78. The summed E-state index contributed by atoms with van der Waals surface area (Å²) in [6.45, 7) is 6.64. The molecule has 1 aliphatic rings. The van der Waals surface area contributed by atoms with Gasteiger partial charge in [-0.2, -0.15) is 0 Å². The molecule has 4 nitrogen and oxygen atoms in total. The Kier molecular flexibility index (Phi) is 5.99. The molecular weight excluding hydrogens is 308 g/mol. The van der Waals surface area contributed by atoms with Crippen LogP contribution in [0.1, 0.15) is 56.8 Å². The van der Waals surface area contributed by atoms with Crippen LogP contribution in [0.3, 0.4) is 0 Å². The molecule has 0 unspecified atom stereocenters. The minimum atomic E-state index is -0.315. The van der Waals surface area contributed by atoms with Crippen molar-refractivity contribution in [3.05, 3.63) is 29.8 Å². The maximum atomic E-state index is 11.8. The molecule has 2 N–H and O–H groups in total. The quantitative estimate of drug-likeness (QED) is 0.627. The molecule has 0 spiro atoms. The topological polar surface area (TPSA) is 50.4 Å². The first kappa shape index (κ1) is 17.7. The number of nitrogens with one attached hydrogen (secondary N) is 2. The molecule has 1 fully saturated rings. The Hall–Kier alpha value is -1.62. The van der Waals surface area contributed by atoms with Gasteiger partial charge in [-0.1, -0.05) is 32.8 Å². The zero-order valence-corrected chi connectivity index (χ0v) is 15.0. The molecule has 1 aliphatic carbocycles. The van der Waals surface area contributed by atoms with Crippen molar-refractivity contribution in [3.8, 4) is 0 Å². The van der Waals surface area contributed by atoms with Crippen molar-refractivity contribution in [1.82, 2.24) is 5.32 Å². The van der Waals surface area contributed by atoms with Gasteiger partial charge in [-0.3, -0.25) is 0 Å². The van der Waals surface area contributed by atoms with E-state index in [1.807, 2.05) is 12.1 Å². The summed E-state index contributed by atoms with van der Waals surface area (Å²) in [5, 5.41) is 7.33. The van der Waals surface area contributed by atoms with Gasteiger partial charge in [0.15, 0.2) is 5.11 Å². The van der Waals surface area contributed by atoms with Gasteiger partial charge in [0.25, 0.3) is 0 Å². The zero-order valence-electron chi connectivity index (χ0n) is 14.1. The lowest BCUT2D eigenvalue weighted by Gasteiger charge is -2.35. The van der Waals surface area contributed by atoms with Crippen molar-refractivity contribution in [2.24, 2.45) is 5.92 Å². The molecule has 0 radical (unpaired) electrons. The van der Waals surface area contributed by atoms with E-state index >= 15 is 0 Å². The van der Waals surface area contributed by atoms with E-state index in [1.165, 1.54) is 12.8 Å². The van der Waals surface area contributed by atoms with Crippen LogP contribution < -0.4 is 10.6 Å². The third kappa shape index (κ3) is 4.44. The van der Waals surface area contributed by atoms with Gasteiger partial charge in [0.1, 0.15) is 0 Å². The second kappa shape index (κ2) is 7.77. The minimum absolute atomic E-state index is 0.0861. The van der Waals surface area contributed by atoms with Gasteiger partial charge in [-0.05, 0) is 56.1 Å². The number of thiocarbonyl (C=S) groups is 1. The fourth-order valence-electron chi connectivity index (χ4n) is 3.18. The van der Waals surface area contributed by atoms with Crippen LogP contribution in [0.2, 0.25) is 0 Å². The van der Waals surface area contributed by atoms with E-state index in [0.29, 0.717) is 23.2 Å². The predicted molar refractivity (Wildman–Crippen MR) is 97.8 cm³/mol. The Morgan fingerprint density at radius 1 is 1.35 bits per heavy atom. The summed E-state index contributed by atoms with van der Waals surface area (Å²) in [5.41, 5.74) is 1.41. The smallest absolute Gasteiger partial charge is 0.338 e. The van der Waals surface area contributed by atoms with Crippen LogP contribution in [0, 0.1) is 5.92 Å². The molecule has 0 aliphatic heterocycles. The Bertz CT molecular complexity index is 566. The highest BCUT2D eigenvalue weighted by Crippen LogP contribution is 2.35. The van der Waals surface area contributed by atoms with Crippen molar-refractivity contribution < 1.29 is 9.53 Å². The Balaban J connectivity index is 2.03. The van der Waals surface area contributed by atoms with Crippen LogP contribution in [-0.2, 0) is 4.74 Å². The lowest BCUT2D eigenvalue weighted by atomic mass is 9.85. The normalized spacial score (nSPS) is 16.2. The van der Waals surface area contributed by atoms with Gasteiger partial charge >= 0.3 is 5.97 Å². The summed E-state index contributed by atoms with van der Waals surface area (Å²) in [6, 6.07) is 7.23. The number of carbonyl (C=O) groups excluding carboxylic acids is 1. The molecule has 0 aromatic heterocycles. The van der Waals surface area contributed by atoms with Gasteiger partial charge in [-0.15, -0.1) is 0 Å². The summed E-state index contributed by atoms with van der Waals surface area (Å²) in [7, 11) is 0. The molecule has 126 valence electrons. The van der Waals surface area contributed by atoms with Crippen molar-refractivity contribution in [1.29, 1.82) is 0 Å². The molecule has 23 heavy (non-hydrogen) atoms. The molecule has 0 heterocycles. The van der Waals surface area contributed by atoms with E-state index in [1.54, 1.807) is 19.1 Å². The number of anilines is 1. The maximum absolute atomic E-state index is 11.8. The molecule has 0 amide bonds. The number of benzene rings is 1. The molecule has 0 saturated heterocycles. The van der Waals surface area contributed by atoms with Gasteiger partial charge in [-0.25, -0.2) is 4.79 Å². The van der Waals surface area contributed by atoms with Crippen molar-refractivity contribution in [3.63, 3.8) is 0 Å². The highest BCUT2D eigenvalue weighted by molar-refractivity contribution is 7.80. The molecule has 2 rings (SSSR count). The number of hydrogen-bond acceptors (Lipinski definition) is 3. The average molecular weight is 334 g/mol. The summed E-state index contributed by atoms with van der Waals surface area (Å²) in [5.74, 6) is 0.208. The largest absolute Gasteiger partial charge is 0.462 e. The molecule has 0 bridgehead atoms. The summed E-state index contributed by atoms with van der Waals surface area (Å²) in [4.78, 5) is 11.8. The van der Waals surface area contributed by atoms with Gasteiger partial charge in [0.05, 0.1) is 12.2 Å². The lowest BCUT2D eigenvalue weighted by Crippen LogP contribution is -2.51. The molecule has 0 atom stereocenters. The Labute approximate surface area is 144 Å². The molecule has 5 heteroatoms. The van der Waals surface area contributed by atoms with Crippen LogP contribution in [-0.4, -0.2) is 23.2 Å². The summed E-state index contributed by atoms with van der Waals surface area (Å²) < 4.78 is 5.03. The van der Waals surface area contributed by atoms with Gasteiger partial charge in [0.2, 0.25) is 0 Å². The highest BCUT2D eigenvalue weighted by atomic mass is 32.1. The van der Waals surface area contributed by atoms with E-state index in [9.17, 15) is 4.79 Å². The van der Waals surface area contributed by atoms with E-state index < -0.39 is 0 Å². The van der Waals surface area contributed by atoms with Crippen LogP contribution >= 0.6 is 12.2 Å². The fraction of sp³-hybridized carbons (Fsp3) is 0.556. The van der Waals surface area contributed by atoms with E-state index in [-0.39, 0.29) is 11.5 Å². The second-order valence-electron chi connectivity index (χ2n) is 6.40. The first-order valence-corrected chi connectivity index (χ1v) is 8.74. The lowest BCUT2D eigenvalue weighted by molar-refractivity contribution is 0.0526. The van der Waals surface area contributed by atoms with Crippen molar-refractivity contribution in [2.75, 3.05) is 11.9 Å². The minimum Gasteiger partial charge on any atom is -0.462 e. The Morgan fingerprint density at radius 3 is 2.65 bits per heavy atom. The second-order valence-corrected chi connectivity index (χ2v) is 6.81. The van der Waals surface area contributed by atoms with Gasteiger partial charge < -0.3 is 15.4 Å². The van der Waals surface area contributed by atoms with Crippen LogP contribution in [0.25, 0.3) is 0 Å². The molecule has 1 saturated carbocycles. The number of rotatable bonds is 5. The monoisotopic (exact) mass is 334 g/mol. The summed E-state index contributed by atoms with van der Waals surface area (Å²) >= 11 is 5.49. The molecule has 1 aromatic carbocycles. The number of ether oxygens (including phenoxy) is 1. The first-order valence-electron chi connectivity index (χ1n) is 8.33.